The minimum Gasteiger partial charge on any atom is -0.326 e. The van der Waals surface area contributed by atoms with Crippen molar-refractivity contribution >= 4 is 23.4 Å². The predicted octanol–water partition coefficient (Wildman–Crippen LogP) is 4.23. The summed E-state index contributed by atoms with van der Waals surface area (Å²) in [5, 5.41) is 2.94. The lowest BCUT2D eigenvalue weighted by Crippen LogP contribution is -2.28. The highest BCUT2D eigenvalue weighted by Gasteiger charge is 2.28. The summed E-state index contributed by atoms with van der Waals surface area (Å²) in [6.45, 7) is 6.41. The molecule has 6 heteroatoms. The summed E-state index contributed by atoms with van der Waals surface area (Å²) in [6, 6.07) is 17.7. The Balaban J connectivity index is 1.41. The molecule has 0 aliphatic carbocycles. The Morgan fingerprint density at radius 1 is 0.906 bits per heavy atom. The van der Waals surface area contributed by atoms with Gasteiger partial charge >= 0.3 is 0 Å². The normalized spacial score (nSPS) is 13.7. The van der Waals surface area contributed by atoms with Gasteiger partial charge in [-0.25, -0.2) is 0 Å². The Morgan fingerprint density at radius 2 is 1.53 bits per heavy atom. The first-order chi connectivity index (χ1) is 15.3. The molecule has 0 radical (unpaired) electrons. The number of carbonyl (C=O) groups excluding carboxylic acids is 3. The van der Waals surface area contributed by atoms with Crippen molar-refractivity contribution in [1.29, 1.82) is 0 Å². The van der Waals surface area contributed by atoms with Gasteiger partial charge in [0.1, 0.15) is 0 Å². The summed E-state index contributed by atoms with van der Waals surface area (Å²) < 4.78 is 2.16. The van der Waals surface area contributed by atoms with Gasteiger partial charge in [0.2, 0.25) is 17.7 Å². The van der Waals surface area contributed by atoms with Crippen LogP contribution in [0.25, 0.3) is 5.69 Å². The van der Waals surface area contributed by atoms with Crippen molar-refractivity contribution in [2.45, 2.75) is 46.6 Å². The number of aromatic nitrogens is 1. The second kappa shape index (κ2) is 8.83. The lowest BCUT2D eigenvalue weighted by molar-refractivity contribution is -0.139. The third-order valence-corrected chi connectivity index (χ3v) is 5.91. The molecule has 1 fully saturated rings. The van der Waals surface area contributed by atoms with Gasteiger partial charge in [0.25, 0.3) is 0 Å². The first-order valence-corrected chi connectivity index (χ1v) is 10.8. The summed E-state index contributed by atoms with van der Waals surface area (Å²) >= 11 is 0. The lowest BCUT2D eigenvalue weighted by Gasteiger charge is -2.14. The maximum absolute atomic E-state index is 12.7. The number of imide groups is 1. The lowest BCUT2D eigenvalue weighted by atomic mass is 10.1. The molecule has 4 rings (SSSR count). The number of hydrogen-bond donors (Lipinski definition) is 1. The average Bonchev–Trinajstić information content (AvgIpc) is 3.22. The molecule has 0 spiro atoms. The summed E-state index contributed by atoms with van der Waals surface area (Å²) in [7, 11) is 0. The summed E-state index contributed by atoms with van der Waals surface area (Å²) in [5.74, 6) is -0.349. The second-order valence-corrected chi connectivity index (χ2v) is 8.36. The summed E-state index contributed by atoms with van der Waals surface area (Å²) in [4.78, 5) is 37.5. The van der Waals surface area contributed by atoms with Crippen LogP contribution in [-0.4, -0.2) is 27.2 Å². The fourth-order valence-corrected chi connectivity index (χ4v) is 4.15. The zero-order valence-electron chi connectivity index (χ0n) is 18.6. The molecule has 1 N–H and O–H groups in total. The molecule has 0 unspecified atom stereocenters. The Kier molecular flexibility index (Phi) is 5.95. The number of aryl methyl sites for hydroxylation is 2. The number of amides is 3. The molecule has 1 aliphatic rings. The highest BCUT2D eigenvalue weighted by Crippen LogP contribution is 2.22. The number of anilines is 1. The van der Waals surface area contributed by atoms with Crippen LogP contribution in [-0.2, 0) is 27.3 Å². The smallest absolute Gasteiger partial charge is 0.229 e. The van der Waals surface area contributed by atoms with Gasteiger partial charge in [0, 0.05) is 35.6 Å². The molecule has 0 atom stereocenters. The minimum absolute atomic E-state index is 0.0909. The standard InChI is InChI=1S/C26H27N3O3/c1-17-4-10-23(11-5-17)29-18(2)14-21(19(29)3)15-24(30)27-22-8-6-20(7-9-22)16-28-25(31)12-13-26(28)32/h4-11,14H,12-13,15-16H2,1-3H3,(H,27,30). The van der Waals surface area contributed by atoms with E-state index in [0.717, 1.165) is 28.2 Å². The highest BCUT2D eigenvalue weighted by molar-refractivity contribution is 6.01. The van der Waals surface area contributed by atoms with Crippen molar-refractivity contribution in [2.75, 3.05) is 5.32 Å². The van der Waals surface area contributed by atoms with Crippen molar-refractivity contribution < 1.29 is 14.4 Å². The van der Waals surface area contributed by atoms with Crippen LogP contribution in [0.1, 0.15) is 40.9 Å². The average molecular weight is 430 g/mol. The number of rotatable bonds is 6. The molecule has 0 bridgehead atoms. The minimum atomic E-state index is -0.129. The van der Waals surface area contributed by atoms with E-state index in [0.29, 0.717) is 5.69 Å². The topological polar surface area (TPSA) is 71.4 Å². The van der Waals surface area contributed by atoms with Crippen molar-refractivity contribution in [2.24, 2.45) is 0 Å². The van der Waals surface area contributed by atoms with E-state index >= 15 is 0 Å². The predicted molar refractivity (Wildman–Crippen MR) is 124 cm³/mol. The number of carbonyl (C=O) groups is 3. The number of nitrogens with one attached hydrogen (secondary N) is 1. The van der Waals surface area contributed by atoms with Crippen LogP contribution in [0.4, 0.5) is 5.69 Å². The molecule has 32 heavy (non-hydrogen) atoms. The Labute approximate surface area is 187 Å². The molecule has 1 saturated heterocycles. The van der Waals surface area contributed by atoms with Gasteiger partial charge in [0.05, 0.1) is 13.0 Å². The number of nitrogens with zero attached hydrogens (tertiary/aromatic N) is 2. The van der Waals surface area contributed by atoms with Crippen LogP contribution in [0.2, 0.25) is 0 Å². The van der Waals surface area contributed by atoms with Crippen LogP contribution in [0, 0.1) is 20.8 Å². The molecule has 2 aromatic carbocycles. The molecule has 6 nitrogen and oxygen atoms in total. The van der Waals surface area contributed by atoms with Crippen molar-refractivity contribution in [3.8, 4) is 5.69 Å². The molecule has 2 heterocycles. The Bertz CT molecular complexity index is 1160. The van der Waals surface area contributed by atoms with Crippen LogP contribution in [0.15, 0.2) is 54.6 Å². The maximum Gasteiger partial charge on any atom is 0.229 e. The van der Waals surface area contributed by atoms with E-state index in [1.807, 2.05) is 26.0 Å². The van der Waals surface area contributed by atoms with Crippen LogP contribution >= 0.6 is 0 Å². The summed E-state index contributed by atoms with van der Waals surface area (Å²) in [6.07, 6.45) is 0.860. The third-order valence-electron chi connectivity index (χ3n) is 5.91. The summed E-state index contributed by atoms with van der Waals surface area (Å²) in [5.41, 5.74) is 6.96. The fourth-order valence-electron chi connectivity index (χ4n) is 4.15. The van der Waals surface area contributed by atoms with E-state index in [1.54, 1.807) is 12.1 Å². The third kappa shape index (κ3) is 4.49. The van der Waals surface area contributed by atoms with Gasteiger partial charge in [-0.2, -0.15) is 0 Å². The van der Waals surface area contributed by atoms with Gasteiger partial charge in [-0.15, -0.1) is 0 Å². The molecule has 1 aliphatic heterocycles. The van der Waals surface area contributed by atoms with Crippen molar-refractivity contribution in [3.63, 3.8) is 0 Å². The number of likely N-dealkylation sites (tertiary alicyclic amines) is 1. The number of hydrogen-bond acceptors (Lipinski definition) is 3. The molecule has 3 amide bonds. The first kappa shape index (κ1) is 21.6. The maximum atomic E-state index is 12.7. The highest BCUT2D eigenvalue weighted by atomic mass is 16.2. The zero-order valence-corrected chi connectivity index (χ0v) is 18.6. The van der Waals surface area contributed by atoms with Crippen molar-refractivity contribution in [3.05, 3.63) is 82.7 Å². The van der Waals surface area contributed by atoms with Crippen LogP contribution < -0.4 is 5.32 Å². The Morgan fingerprint density at radius 3 is 2.16 bits per heavy atom. The fraction of sp³-hybridized carbons (Fsp3) is 0.269. The second-order valence-electron chi connectivity index (χ2n) is 8.36. The monoisotopic (exact) mass is 429 g/mol. The van der Waals surface area contributed by atoms with Gasteiger partial charge in [-0.05, 0) is 62.2 Å². The van der Waals surface area contributed by atoms with Crippen LogP contribution in [0.5, 0.6) is 0 Å². The van der Waals surface area contributed by atoms with Gasteiger partial charge in [-0.3, -0.25) is 19.3 Å². The quantitative estimate of drug-likeness (QED) is 0.596. The molecule has 3 aromatic rings. The molecule has 1 aromatic heterocycles. The zero-order chi connectivity index (χ0) is 22.8. The van der Waals surface area contributed by atoms with E-state index in [4.69, 9.17) is 0 Å². The van der Waals surface area contributed by atoms with Crippen molar-refractivity contribution in [1.82, 2.24) is 9.47 Å². The molecular formula is C26H27N3O3. The van der Waals surface area contributed by atoms with Gasteiger partial charge < -0.3 is 9.88 Å². The first-order valence-electron chi connectivity index (χ1n) is 10.8. The van der Waals surface area contributed by atoms with E-state index in [9.17, 15) is 14.4 Å². The largest absolute Gasteiger partial charge is 0.326 e. The molecular weight excluding hydrogens is 402 g/mol. The SMILES string of the molecule is Cc1ccc(-n2c(C)cc(CC(=O)Nc3ccc(CN4C(=O)CCC4=O)cc3)c2C)cc1. The van der Waals surface area contributed by atoms with E-state index < -0.39 is 0 Å². The Hall–Kier alpha value is -3.67. The van der Waals surface area contributed by atoms with E-state index in [-0.39, 0.29) is 43.5 Å². The molecule has 0 saturated carbocycles. The van der Waals surface area contributed by atoms with E-state index in [2.05, 4.69) is 47.1 Å². The van der Waals surface area contributed by atoms with Crippen LogP contribution in [0.3, 0.4) is 0 Å². The van der Waals surface area contributed by atoms with Gasteiger partial charge in [0.15, 0.2) is 0 Å². The number of benzene rings is 2. The molecule has 164 valence electrons. The van der Waals surface area contributed by atoms with E-state index in [1.165, 1.54) is 10.5 Å². The van der Waals surface area contributed by atoms with Gasteiger partial charge in [-0.1, -0.05) is 29.8 Å².